The van der Waals surface area contributed by atoms with Gasteiger partial charge in [0.05, 0.1) is 21.4 Å². The molecular weight excluding hydrogens is 435 g/mol. The van der Waals surface area contributed by atoms with Gasteiger partial charge in [-0.05, 0) is 54.3 Å². The lowest BCUT2D eigenvalue weighted by atomic mass is 10.1. The number of benzene rings is 1. The molecule has 5 nitrogen and oxygen atoms in total. The van der Waals surface area contributed by atoms with Crippen LogP contribution in [0.4, 0.5) is 4.39 Å². The molecule has 0 saturated carbocycles. The number of hydrogen-bond acceptors (Lipinski definition) is 4. The van der Waals surface area contributed by atoms with Crippen molar-refractivity contribution in [3.63, 3.8) is 0 Å². The first-order valence-electron chi connectivity index (χ1n) is 10.9. The number of fused-ring (bicyclic) bond motifs is 1. The molecule has 1 aliphatic heterocycles. The van der Waals surface area contributed by atoms with Gasteiger partial charge in [-0.1, -0.05) is 27.2 Å². The highest BCUT2D eigenvalue weighted by Crippen LogP contribution is 2.28. The quantitative estimate of drug-likeness (QED) is 0.598. The van der Waals surface area contributed by atoms with E-state index >= 15 is 0 Å². The molecule has 1 unspecified atom stereocenters. The smallest absolute Gasteiger partial charge is 0.261 e. The maximum absolute atomic E-state index is 14.2. The van der Waals surface area contributed by atoms with Crippen LogP contribution in [0.15, 0.2) is 21.4 Å². The Labute approximate surface area is 181 Å². The molecule has 1 aromatic heterocycles. The van der Waals surface area contributed by atoms with E-state index in [0.29, 0.717) is 21.9 Å². The Morgan fingerprint density at radius 2 is 1.93 bits per heavy atom. The summed E-state index contributed by atoms with van der Waals surface area (Å²) in [6, 6.07) is 3.02. The molecule has 29 heavy (non-hydrogen) atoms. The second kappa shape index (κ2) is 10.1. The predicted octanol–water partition coefficient (Wildman–Crippen LogP) is 4.58. The topological polar surface area (TPSA) is 41.4 Å². The molecule has 3 rings (SSSR count). The largest absolute Gasteiger partial charge is 0.302 e. The lowest BCUT2D eigenvalue weighted by molar-refractivity contribution is 0.177. The summed E-state index contributed by atoms with van der Waals surface area (Å²) in [5.74, 6) is 0.405. The zero-order valence-electron chi connectivity index (χ0n) is 17.8. The second-order valence-electron chi connectivity index (χ2n) is 7.84. The Morgan fingerprint density at radius 1 is 1.14 bits per heavy atom. The molecule has 1 saturated heterocycles. The van der Waals surface area contributed by atoms with Gasteiger partial charge in [0, 0.05) is 32.2 Å². The average molecular weight is 467 g/mol. The fraction of sp³-hybridized carbons (Fsp3) is 0.636. The van der Waals surface area contributed by atoms with Crippen LogP contribution in [-0.2, 0) is 6.54 Å². The fourth-order valence-corrected chi connectivity index (χ4v) is 4.64. The van der Waals surface area contributed by atoms with Crippen molar-refractivity contribution < 1.29 is 4.39 Å². The van der Waals surface area contributed by atoms with Crippen LogP contribution >= 0.6 is 15.9 Å². The van der Waals surface area contributed by atoms with E-state index in [4.69, 9.17) is 4.98 Å². The minimum absolute atomic E-state index is 0.0707. The number of rotatable bonds is 7. The molecule has 0 N–H and O–H groups in total. The minimum Gasteiger partial charge on any atom is -0.302 e. The molecular formula is C22H32BrFN4O. The van der Waals surface area contributed by atoms with Crippen LogP contribution in [0.2, 0.25) is 0 Å². The Kier molecular flexibility index (Phi) is 7.82. The van der Waals surface area contributed by atoms with Crippen LogP contribution in [0, 0.1) is 5.82 Å². The van der Waals surface area contributed by atoms with Gasteiger partial charge in [0.25, 0.3) is 5.56 Å². The Hall–Kier alpha value is -1.31. The third-order valence-corrected chi connectivity index (χ3v) is 6.45. The van der Waals surface area contributed by atoms with Crippen LogP contribution in [0.3, 0.4) is 0 Å². The highest BCUT2D eigenvalue weighted by atomic mass is 79.9. The van der Waals surface area contributed by atoms with Crippen molar-refractivity contribution in [1.29, 1.82) is 0 Å². The molecule has 1 aromatic carbocycles. The van der Waals surface area contributed by atoms with Crippen molar-refractivity contribution in [2.24, 2.45) is 0 Å². The van der Waals surface area contributed by atoms with Crippen molar-refractivity contribution in [2.75, 3.05) is 32.7 Å². The Morgan fingerprint density at radius 3 is 2.62 bits per heavy atom. The van der Waals surface area contributed by atoms with Gasteiger partial charge in [0.2, 0.25) is 0 Å². The molecule has 0 aliphatic carbocycles. The fourth-order valence-electron chi connectivity index (χ4n) is 4.29. The number of halogens is 2. The molecule has 2 heterocycles. The van der Waals surface area contributed by atoms with E-state index in [9.17, 15) is 9.18 Å². The second-order valence-corrected chi connectivity index (χ2v) is 8.69. The normalized spacial score (nSPS) is 17.6. The first-order valence-corrected chi connectivity index (χ1v) is 11.6. The van der Waals surface area contributed by atoms with Crippen molar-refractivity contribution in [2.45, 2.75) is 59.0 Å². The summed E-state index contributed by atoms with van der Waals surface area (Å²) < 4.78 is 16.3. The monoisotopic (exact) mass is 466 g/mol. The molecule has 0 radical (unpaired) electrons. The number of hydrogen-bond donors (Lipinski definition) is 0. The zero-order chi connectivity index (χ0) is 21.0. The van der Waals surface area contributed by atoms with Gasteiger partial charge in [-0.25, -0.2) is 9.37 Å². The highest BCUT2D eigenvalue weighted by molar-refractivity contribution is 9.10. The van der Waals surface area contributed by atoms with E-state index in [-0.39, 0.29) is 17.4 Å². The molecule has 0 spiro atoms. The highest BCUT2D eigenvalue weighted by Gasteiger charge is 2.27. The van der Waals surface area contributed by atoms with E-state index in [0.717, 1.165) is 64.2 Å². The van der Waals surface area contributed by atoms with E-state index < -0.39 is 0 Å². The maximum Gasteiger partial charge on any atom is 0.261 e. The molecule has 0 amide bonds. The van der Waals surface area contributed by atoms with Gasteiger partial charge in [0.15, 0.2) is 0 Å². The van der Waals surface area contributed by atoms with E-state index in [1.165, 1.54) is 6.07 Å². The molecule has 0 bridgehead atoms. The van der Waals surface area contributed by atoms with Gasteiger partial charge in [0.1, 0.15) is 11.6 Å². The Bertz CT molecular complexity index is 900. The first-order chi connectivity index (χ1) is 14.0. The number of nitrogens with zero attached hydrogens (tertiary/aromatic N) is 4. The van der Waals surface area contributed by atoms with E-state index in [2.05, 4.69) is 46.5 Å². The average Bonchev–Trinajstić information content (AvgIpc) is 2.95. The summed E-state index contributed by atoms with van der Waals surface area (Å²) in [6.45, 7) is 12.2. The standard InChI is InChI=1S/C22H32BrFN4O/c1-4-8-20(27-11-7-10-26(6-3)12-13-27)21-25-19-15-18(24)17(23)14-16(19)22(29)28(21)9-5-2/h14-15,20H,4-13H2,1-3H3. The summed E-state index contributed by atoms with van der Waals surface area (Å²) in [4.78, 5) is 23.1. The van der Waals surface area contributed by atoms with Crippen LogP contribution in [0.1, 0.15) is 58.3 Å². The van der Waals surface area contributed by atoms with Crippen LogP contribution in [0.25, 0.3) is 10.9 Å². The third-order valence-electron chi connectivity index (χ3n) is 5.84. The van der Waals surface area contributed by atoms with Gasteiger partial charge in [-0.15, -0.1) is 0 Å². The van der Waals surface area contributed by atoms with E-state index in [1.807, 2.05) is 4.57 Å². The lowest BCUT2D eigenvalue weighted by Crippen LogP contribution is -2.37. The summed E-state index contributed by atoms with van der Waals surface area (Å²) in [6.07, 6.45) is 3.91. The Balaban J connectivity index is 2.11. The summed E-state index contributed by atoms with van der Waals surface area (Å²) in [7, 11) is 0. The van der Waals surface area contributed by atoms with Crippen LogP contribution in [-0.4, -0.2) is 52.1 Å². The predicted molar refractivity (Wildman–Crippen MR) is 120 cm³/mol. The zero-order valence-corrected chi connectivity index (χ0v) is 19.3. The number of likely N-dealkylation sites (N-methyl/N-ethyl adjacent to an activating group) is 1. The molecule has 160 valence electrons. The molecule has 1 atom stereocenters. The van der Waals surface area contributed by atoms with Gasteiger partial charge >= 0.3 is 0 Å². The molecule has 7 heteroatoms. The molecule has 1 aliphatic rings. The van der Waals surface area contributed by atoms with Crippen LogP contribution in [0.5, 0.6) is 0 Å². The van der Waals surface area contributed by atoms with Crippen molar-refractivity contribution in [3.05, 3.63) is 38.6 Å². The lowest BCUT2D eigenvalue weighted by Gasteiger charge is -2.32. The van der Waals surface area contributed by atoms with Crippen molar-refractivity contribution >= 4 is 26.8 Å². The summed E-state index contributed by atoms with van der Waals surface area (Å²) in [5, 5.41) is 0.471. The maximum atomic E-state index is 14.2. The molecule has 1 fully saturated rings. The summed E-state index contributed by atoms with van der Waals surface area (Å²) >= 11 is 3.21. The van der Waals surface area contributed by atoms with Crippen molar-refractivity contribution in [3.8, 4) is 0 Å². The van der Waals surface area contributed by atoms with E-state index in [1.54, 1.807) is 6.07 Å². The number of aromatic nitrogens is 2. The van der Waals surface area contributed by atoms with Gasteiger partial charge in [-0.3, -0.25) is 14.3 Å². The van der Waals surface area contributed by atoms with Gasteiger partial charge < -0.3 is 4.90 Å². The first kappa shape index (κ1) is 22.4. The molecule has 2 aromatic rings. The minimum atomic E-state index is -0.385. The van der Waals surface area contributed by atoms with Crippen LogP contribution < -0.4 is 5.56 Å². The SMILES string of the molecule is CCCC(c1nc2cc(F)c(Br)cc2c(=O)n1CCC)N1CCCN(CC)CC1. The van der Waals surface area contributed by atoms with Gasteiger partial charge in [-0.2, -0.15) is 0 Å². The summed E-state index contributed by atoms with van der Waals surface area (Å²) in [5.41, 5.74) is 0.378. The third kappa shape index (κ3) is 4.89. The van der Waals surface area contributed by atoms with Crippen molar-refractivity contribution in [1.82, 2.24) is 19.4 Å².